The number of carbonyl (C=O) groups excluding carboxylic acids is 1. The third-order valence-corrected chi connectivity index (χ3v) is 1.64. The average molecular weight is 185 g/mol. The van der Waals surface area contributed by atoms with Gasteiger partial charge >= 0.3 is 0 Å². The van der Waals surface area contributed by atoms with Gasteiger partial charge in [0.05, 0.1) is 5.69 Å². The Hall–Kier alpha value is -1.09. The van der Waals surface area contributed by atoms with Crippen LogP contribution in [0.3, 0.4) is 0 Å². The summed E-state index contributed by atoms with van der Waals surface area (Å²) in [6, 6.07) is 0. The molecule has 0 saturated heterocycles. The van der Waals surface area contributed by atoms with Crippen molar-refractivity contribution in [2.45, 2.75) is 6.92 Å². The molecule has 0 aromatic carbocycles. The lowest BCUT2D eigenvalue weighted by atomic mass is 10.4. The molecule has 0 amide bonds. The summed E-state index contributed by atoms with van der Waals surface area (Å²) in [4.78, 5) is 14.5. The van der Waals surface area contributed by atoms with Crippen molar-refractivity contribution >= 4 is 22.9 Å². The number of halogens is 1. The van der Waals surface area contributed by atoms with Crippen LogP contribution in [0.1, 0.15) is 11.5 Å². The highest BCUT2D eigenvalue weighted by molar-refractivity contribution is 6.66. The minimum atomic E-state index is -0.488. The lowest BCUT2D eigenvalue weighted by Gasteiger charge is -1.87. The van der Waals surface area contributed by atoms with Gasteiger partial charge in [-0.15, -0.1) is 0 Å². The maximum atomic E-state index is 10.4. The van der Waals surface area contributed by atoms with E-state index in [1.807, 2.05) is 24.7 Å². The fraction of sp³-hybridized carbons (Fsp3) is 0.250. The molecule has 0 saturated carbocycles. The van der Waals surface area contributed by atoms with Crippen molar-refractivity contribution in [1.82, 2.24) is 9.55 Å². The van der Waals surface area contributed by atoms with Gasteiger partial charge in [0.1, 0.15) is 5.82 Å². The van der Waals surface area contributed by atoms with Gasteiger partial charge in [0, 0.05) is 13.2 Å². The SMILES string of the molecule is Cc1nc(/C=C/C(=O)Cl)cn1C. The maximum Gasteiger partial charge on any atom is 0.245 e. The second kappa shape index (κ2) is 3.54. The van der Waals surface area contributed by atoms with Crippen LogP contribution in [-0.4, -0.2) is 14.8 Å². The van der Waals surface area contributed by atoms with Crippen molar-refractivity contribution in [2.24, 2.45) is 7.05 Å². The first-order chi connectivity index (χ1) is 5.59. The standard InChI is InChI=1S/C8H9ClN2O/c1-6-10-7(5-11(6)2)3-4-8(9)12/h3-5H,1-2H3/b4-3+. The van der Waals surface area contributed by atoms with Crippen LogP contribution < -0.4 is 0 Å². The Morgan fingerprint density at radius 1 is 1.75 bits per heavy atom. The Morgan fingerprint density at radius 2 is 2.42 bits per heavy atom. The Kier molecular flexibility index (Phi) is 2.65. The van der Waals surface area contributed by atoms with Crippen molar-refractivity contribution < 1.29 is 4.79 Å². The van der Waals surface area contributed by atoms with Gasteiger partial charge in [-0.3, -0.25) is 4.79 Å². The molecule has 0 atom stereocenters. The molecular formula is C8H9ClN2O. The molecule has 1 heterocycles. The van der Waals surface area contributed by atoms with Gasteiger partial charge in [-0.2, -0.15) is 0 Å². The molecule has 0 aliphatic carbocycles. The number of hydrogen-bond donors (Lipinski definition) is 0. The lowest BCUT2D eigenvalue weighted by Crippen LogP contribution is -1.86. The lowest BCUT2D eigenvalue weighted by molar-refractivity contribution is -0.107. The smallest absolute Gasteiger partial charge is 0.245 e. The molecule has 0 N–H and O–H groups in total. The highest BCUT2D eigenvalue weighted by Crippen LogP contribution is 2.02. The highest BCUT2D eigenvalue weighted by atomic mass is 35.5. The topological polar surface area (TPSA) is 34.9 Å². The molecule has 0 fully saturated rings. The number of hydrogen-bond acceptors (Lipinski definition) is 2. The summed E-state index contributed by atoms with van der Waals surface area (Å²) >= 11 is 5.11. The van der Waals surface area contributed by atoms with Crippen LogP contribution in [0.5, 0.6) is 0 Å². The van der Waals surface area contributed by atoms with Gasteiger partial charge < -0.3 is 4.57 Å². The van der Waals surface area contributed by atoms with E-state index >= 15 is 0 Å². The molecule has 0 unspecified atom stereocenters. The number of rotatable bonds is 2. The number of aromatic nitrogens is 2. The summed E-state index contributed by atoms with van der Waals surface area (Å²) in [6.45, 7) is 1.89. The molecule has 1 rings (SSSR count). The van der Waals surface area contributed by atoms with E-state index in [9.17, 15) is 4.79 Å². The summed E-state index contributed by atoms with van der Waals surface area (Å²) in [7, 11) is 1.89. The fourth-order valence-electron chi connectivity index (χ4n) is 0.818. The number of allylic oxidation sites excluding steroid dienone is 1. The summed E-state index contributed by atoms with van der Waals surface area (Å²) in [6.07, 6.45) is 4.69. The quantitative estimate of drug-likeness (QED) is 0.516. The zero-order valence-corrected chi connectivity index (χ0v) is 7.67. The largest absolute Gasteiger partial charge is 0.338 e. The van der Waals surface area contributed by atoms with Crippen molar-refractivity contribution in [1.29, 1.82) is 0 Å². The Balaban J connectivity index is 2.83. The number of aryl methyl sites for hydroxylation is 2. The summed E-state index contributed by atoms with van der Waals surface area (Å²) < 4.78 is 1.87. The van der Waals surface area contributed by atoms with E-state index in [4.69, 9.17) is 11.6 Å². The Bertz CT molecular complexity index is 308. The van der Waals surface area contributed by atoms with E-state index in [2.05, 4.69) is 4.98 Å². The first-order valence-electron chi connectivity index (χ1n) is 3.47. The second-order valence-corrected chi connectivity index (χ2v) is 2.83. The molecule has 0 bridgehead atoms. The molecule has 3 nitrogen and oxygen atoms in total. The number of imidazole rings is 1. The summed E-state index contributed by atoms with van der Waals surface area (Å²) in [5.74, 6) is 0.900. The van der Waals surface area contributed by atoms with Gasteiger partial charge in [0.15, 0.2) is 0 Å². The van der Waals surface area contributed by atoms with Crippen LogP contribution in [0.2, 0.25) is 0 Å². The zero-order chi connectivity index (χ0) is 9.14. The first kappa shape index (κ1) is 9.00. The number of nitrogens with zero attached hydrogens (tertiary/aromatic N) is 2. The second-order valence-electron chi connectivity index (χ2n) is 2.46. The van der Waals surface area contributed by atoms with Gasteiger partial charge in [-0.05, 0) is 30.7 Å². The predicted octanol–water partition coefficient (Wildman–Crippen LogP) is 1.51. The van der Waals surface area contributed by atoms with E-state index in [0.717, 1.165) is 11.5 Å². The van der Waals surface area contributed by atoms with Gasteiger partial charge in [0.2, 0.25) is 5.24 Å². The van der Waals surface area contributed by atoms with Crippen LogP contribution in [0.25, 0.3) is 6.08 Å². The third-order valence-electron chi connectivity index (χ3n) is 1.51. The molecule has 0 aliphatic rings. The minimum Gasteiger partial charge on any atom is -0.338 e. The minimum absolute atomic E-state index is 0.488. The van der Waals surface area contributed by atoms with Crippen LogP contribution >= 0.6 is 11.6 Å². The maximum absolute atomic E-state index is 10.4. The van der Waals surface area contributed by atoms with Gasteiger partial charge in [0.25, 0.3) is 0 Å². The predicted molar refractivity (Wildman–Crippen MR) is 47.8 cm³/mol. The van der Waals surface area contributed by atoms with Crippen LogP contribution in [0.4, 0.5) is 0 Å². The normalized spacial score (nSPS) is 10.9. The summed E-state index contributed by atoms with van der Waals surface area (Å²) in [5, 5.41) is -0.488. The first-order valence-corrected chi connectivity index (χ1v) is 3.85. The van der Waals surface area contributed by atoms with Crippen molar-refractivity contribution in [2.75, 3.05) is 0 Å². The van der Waals surface area contributed by atoms with Gasteiger partial charge in [-0.1, -0.05) is 0 Å². The van der Waals surface area contributed by atoms with Crippen molar-refractivity contribution in [3.05, 3.63) is 23.8 Å². The monoisotopic (exact) mass is 184 g/mol. The van der Waals surface area contributed by atoms with E-state index < -0.39 is 5.24 Å². The Labute approximate surface area is 75.7 Å². The van der Waals surface area contributed by atoms with E-state index in [1.54, 1.807) is 6.08 Å². The van der Waals surface area contributed by atoms with E-state index in [-0.39, 0.29) is 0 Å². The molecule has 1 aromatic rings. The molecule has 12 heavy (non-hydrogen) atoms. The molecule has 4 heteroatoms. The van der Waals surface area contributed by atoms with Gasteiger partial charge in [-0.25, -0.2) is 4.98 Å². The Morgan fingerprint density at radius 3 is 2.83 bits per heavy atom. The van der Waals surface area contributed by atoms with E-state index in [1.165, 1.54) is 6.08 Å². The molecule has 0 aliphatic heterocycles. The zero-order valence-electron chi connectivity index (χ0n) is 6.91. The average Bonchev–Trinajstić information content (AvgIpc) is 2.28. The molecular weight excluding hydrogens is 176 g/mol. The highest BCUT2D eigenvalue weighted by Gasteiger charge is 1.96. The van der Waals surface area contributed by atoms with Crippen molar-refractivity contribution in [3.8, 4) is 0 Å². The molecule has 1 aromatic heterocycles. The molecule has 0 radical (unpaired) electrons. The van der Waals surface area contributed by atoms with Crippen LogP contribution in [-0.2, 0) is 11.8 Å². The van der Waals surface area contributed by atoms with Crippen molar-refractivity contribution in [3.63, 3.8) is 0 Å². The van der Waals surface area contributed by atoms with Crippen LogP contribution in [0.15, 0.2) is 12.3 Å². The summed E-state index contributed by atoms with van der Waals surface area (Å²) in [5.41, 5.74) is 0.740. The molecule has 64 valence electrons. The fourth-order valence-corrected chi connectivity index (χ4v) is 0.881. The van der Waals surface area contributed by atoms with Crippen LogP contribution in [0, 0.1) is 6.92 Å². The molecule has 0 spiro atoms. The number of carbonyl (C=O) groups is 1. The van der Waals surface area contributed by atoms with E-state index in [0.29, 0.717) is 0 Å². The third kappa shape index (κ3) is 2.20.